The van der Waals surface area contributed by atoms with Crippen LogP contribution in [0.15, 0.2) is 77.9 Å². The van der Waals surface area contributed by atoms with Gasteiger partial charge in [-0.25, -0.2) is 5.43 Å². The van der Waals surface area contributed by atoms with E-state index < -0.39 is 0 Å². The van der Waals surface area contributed by atoms with Gasteiger partial charge in [0.15, 0.2) is 0 Å². The lowest BCUT2D eigenvalue weighted by atomic mass is 10.1. The first kappa shape index (κ1) is 22.7. The van der Waals surface area contributed by atoms with Crippen molar-refractivity contribution >= 4 is 23.7 Å². The molecule has 2 amide bonds. The van der Waals surface area contributed by atoms with Gasteiger partial charge in [-0.1, -0.05) is 60.2 Å². The minimum atomic E-state index is -0.334. The lowest BCUT2D eigenvalue weighted by Gasteiger charge is -2.09. The fourth-order valence-corrected chi connectivity index (χ4v) is 2.95. The first-order valence-corrected chi connectivity index (χ1v) is 10.5. The Morgan fingerprint density at radius 3 is 2.34 bits per heavy atom. The molecule has 3 rings (SSSR count). The van der Waals surface area contributed by atoms with Crippen LogP contribution in [-0.2, 0) is 16.2 Å². The zero-order valence-electron chi connectivity index (χ0n) is 18.3. The van der Waals surface area contributed by atoms with Gasteiger partial charge in [0.25, 0.3) is 0 Å². The van der Waals surface area contributed by atoms with Crippen molar-refractivity contribution in [2.24, 2.45) is 5.10 Å². The lowest BCUT2D eigenvalue weighted by molar-refractivity contribution is -0.124. The minimum Gasteiger partial charge on any atom is -0.488 e. The van der Waals surface area contributed by atoms with Crippen LogP contribution in [-0.4, -0.2) is 18.0 Å². The maximum absolute atomic E-state index is 12.1. The van der Waals surface area contributed by atoms with E-state index in [-0.39, 0.29) is 24.7 Å². The molecule has 0 atom stereocenters. The zero-order chi connectivity index (χ0) is 22.8. The number of amides is 2. The molecule has 32 heavy (non-hydrogen) atoms. The Bertz CT molecular complexity index is 1090. The number of para-hydroxylation sites is 2. The van der Waals surface area contributed by atoms with Crippen LogP contribution < -0.4 is 15.5 Å². The zero-order valence-corrected chi connectivity index (χ0v) is 18.3. The fourth-order valence-electron chi connectivity index (χ4n) is 2.95. The molecule has 0 aromatic heterocycles. The third kappa shape index (κ3) is 7.09. The third-order valence-corrected chi connectivity index (χ3v) is 4.83. The molecule has 3 aromatic rings. The number of ether oxygens (including phenoxy) is 1. The molecule has 0 aliphatic heterocycles. The van der Waals surface area contributed by atoms with Crippen molar-refractivity contribution in [1.29, 1.82) is 0 Å². The number of carbonyl (C=O) groups excluding carboxylic acids is 2. The summed E-state index contributed by atoms with van der Waals surface area (Å²) in [7, 11) is 0. The fraction of sp³-hybridized carbons (Fsp3) is 0.192. The summed E-state index contributed by atoms with van der Waals surface area (Å²) in [6, 6.07) is 23.1. The average Bonchev–Trinajstić information content (AvgIpc) is 2.80. The van der Waals surface area contributed by atoms with E-state index >= 15 is 0 Å². The van der Waals surface area contributed by atoms with Crippen LogP contribution in [0.1, 0.15) is 35.1 Å². The van der Waals surface area contributed by atoms with Gasteiger partial charge < -0.3 is 10.1 Å². The van der Waals surface area contributed by atoms with Crippen LogP contribution in [0, 0.1) is 13.8 Å². The normalized spacial score (nSPS) is 10.7. The van der Waals surface area contributed by atoms with Crippen LogP contribution in [0.25, 0.3) is 0 Å². The van der Waals surface area contributed by atoms with Gasteiger partial charge in [-0.2, -0.15) is 5.10 Å². The molecule has 6 heteroatoms. The van der Waals surface area contributed by atoms with E-state index in [0.29, 0.717) is 12.4 Å². The third-order valence-electron chi connectivity index (χ3n) is 4.83. The van der Waals surface area contributed by atoms with Crippen molar-refractivity contribution in [3.63, 3.8) is 0 Å². The minimum absolute atomic E-state index is 0.0423. The topological polar surface area (TPSA) is 79.8 Å². The molecule has 0 saturated heterocycles. The van der Waals surface area contributed by atoms with Gasteiger partial charge in [0.1, 0.15) is 12.4 Å². The van der Waals surface area contributed by atoms with E-state index in [1.807, 2.05) is 86.6 Å². The number of nitrogens with zero attached hydrogens (tertiary/aromatic N) is 1. The summed E-state index contributed by atoms with van der Waals surface area (Å²) in [4.78, 5) is 24.1. The first-order valence-electron chi connectivity index (χ1n) is 10.5. The summed E-state index contributed by atoms with van der Waals surface area (Å²) in [5, 5.41) is 6.82. The summed E-state index contributed by atoms with van der Waals surface area (Å²) >= 11 is 0. The quantitative estimate of drug-likeness (QED) is 0.380. The Kier molecular flexibility index (Phi) is 8.15. The van der Waals surface area contributed by atoms with Crippen LogP contribution in [0.4, 0.5) is 5.69 Å². The van der Waals surface area contributed by atoms with Crippen molar-refractivity contribution < 1.29 is 14.3 Å². The summed E-state index contributed by atoms with van der Waals surface area (Å²) in [6.45, 7) is 4.40. The van der Waals surface area contributed by atoms with E-state index in [9.17, 15) is 9.59 Å². The van der Waals surface area contributed by atoms with E-state index in [1.54, 1.807) is 0 Å². The molecule has 0 heterocycles. The number of aryl methyl sites for hydroxylation is 2. The molecule has 0 unspecified atom stereocenters. The molecule has 0 aliphatic carbocycles. The second kappa shape index (κ2) is 11.5. The number of carbonyl (C=O) groups is 2. The summed E-state index contributed by atoms with van der Waals surface area (Å²) in [5.41, 5.74) is 7.20. The Hall–Kier alpha value is -3.93. The van der Waals surface area contributed by atoms with E-state index in [0.717, 1.165) is 22.4 Å². The Labute approximate surface area is 188 Å². The van der Waals surface area contributed by atoms with Gasteiger partial charge in [-0.15, -0.1) is 0 Å². The standard InChI is InChI=1S/C26H27N3O3/c1-19-11-13-21(14-12-19)18-32-24-10-6-4-8-22(24)17-27-29-26(31)16-15-25(30)28-23-9-5-3-7-20(23)2/h3-14,17H,15-16,18H2,1-2H3,(H,28,30)(H,29,31). The maximum Gasteiger partial charge on any atom is 0.240 e. The van der Waals surface area contributed by atoms with Crippen LogP contribution in [0.3, 0.4) is 0 Å². The second-order valence-electron chi connectivity index (χ2n) is 7.47. The van der Waals surface area contributed by atoms with Crippen molar-refractivity contribution in [2.75, 3.05) is 5.32 Å². The van der Waals surface area contributed by atoms with Gasteiger partial charge >= 0.3 is 0 Å². The van der Waals surface area contributed by atoms with Crippen LogP contribution >= 0.6 is 0 Å². The maximum atomic E-state index is 12.1. The molecule has 164 valence electrons. The highest BCUT2D eigenvalue weighted by Crippen LogP contribution is 2.18. The molecule has 0 bridgehead atoms. The SMILES string of the molecule is Cc1ccc(COc2ccccc2C=NNC(=O)CCC(=O)Nc2ccccc2C)cc1. The number of hydrogen-bond donors (Lipinski definition) is 2. The monoisotopic (exact) mass is 429 g/mol. The van der Waals surface area contributed by atoms with Gasteiger partial charge in [0.05, 0.1) is 6.21 Å². The number of rotatable bonds is 9. The Balaban J connectivity index is 1.47. The molecule has 0 saturated carbocycles. The number of benzene rings is 3. The highest BCUT2D eigenvalue weighted by atomic mass is 16.5. The molecule has 6 nitrogen and oxygen atoms in total. The van der Waals surface area contributed by atoms with Crippen LogP contribution in [0.5, 0.6) is 5.75 Å². The summed E-state index contributed by atoms with van der Waals surface area (Å²) < 4.78 is 5.91. The van der Waals surface area contributed by atoms with Crippen LogP contribution in [0.2, 0.25) is 0 Å². The second-order valence-corrected chi connectivity index (χ2v) is 7.47. The molecular weight excluding hydrogens is 402 g/mol. The van der Waals surface area contributed by atoms with Gasteiger partial charge in [0.2, 0.25) is 11.8 Å². The smallest absolute Gasteiger partial charge is 0.240 e. The molecule has 0 spiro atoms. The van der Waals surface area contributed by atoms with Gasteiger partial charge in [-0.05, 0) is 43.2 Å². The van der Waals surface area contributed by atoms with E-state index in [4.69, 9.17) is 4.74 Å². The molecule has 2 N–H and O–H groups in total. The van der Waals surface area contributed by atoms with Crippen molar-refractivity contribution in [2.45, 2.75) is 33.3 Å². The molecule has 0 radical (unpaired) electrons. The van der Waals surface area contributed by atoms with Gasteiger partial charge in [0, 0.05) is 24.1 Å². The largest absolute Gasteiger partial charge is 0.488 e. The Morgan fingerprint density at radius 1 is 0.875 bits per heavy atom. The number of hydrazone groups is 1. The summed E-state index contributed by atoms with van der Waals surface area (Å²) in [5.74, 6) is 0.121. The molecule has 3 aromatic carbocycles. The predicted molar refractivity (Wildman–Crippen MR) is 127 cm³/mol. The van der Waals surface area contributed by atoms with Crippen molar-refractivity contribution in [1.82, 2.24) is 5.43 Å². The van der Waals surface area contributed by atoms with Gasteiger partial charge in [-0.3, -0.25) is 9.59 Å². The number of anilines is 1. The van der Waals surface area contributed by atoms with Crippen molar-refractivity contribution in [3.8, 4) is 5.75 Å². The van der Waals surface area contributed by atoms with Crippen molar-refractivity contribution in [3.05, 3.63) is 95.1 Å². The van der Waals surface area contributed by atoms with E-state index in [1.165, 1.54) is 11.8 Å². The molecular formula is C26H27N3O3. The number of hydrogen-bond acceptors (Lipinski definition) is 4. The first-order chi connectivity index (χ1) is 15.5. The lowest BCUT2D eigenvalue weighted by Crippen LogP contribution is -2.20. The number of nitrogens with one attached hydrogen (secondary N) is 2. The highest BCUT2D eigenvalue weighted by Gasteiger charge is 2.08. The molecule has 0 aliphatic rings. The molecule has 0 fully saturated rings. The average molecular weight is 430 g/mol. The van der Waals surface area contributed by atoms with E-state index in [2.05, 4.69) is 15.8 Å². The highest BCUT2D eigenvalue weighted by molar-refractivity contribution is 5.94. The predicted octanol–water partition coefficient (Wildman–Crippen LogP) is 4.75. The Morgan fingerprint density at radius 2 is 1.56 bits per heavy atom. The summed E-state index contributed by atoms with van der Waals surface area (Å²) in [6.07, 6.45) is 1.66.